The van der Waals surface area contributed by atoms with E-state index in [2.05, 4.69) is 15.5 Å². The number of carbonyl (C=O) groups excluding carboxylic acids is 2. The van der Waals surface area contributed by atoms with Crippen LogP contribution in [0.1, 0.15) is 29.6 Å². The van der Waals surface area contributed by atoms with E-state index in [1.165, 1.54) is 45.6 Å². The molecule has 1 atom stereocenters. The normalized spacial score (nSPS) is 16.8. The van der Waals surface area contributed by atoms with Gasteiger partial charge in [0.05, 0.1) is 12.4 Å². The van der Waals surface area contributed by atoms with Crippen LogP contribution in [-0.2, 0) is 4.79 Å². The summed E-state index contributed by atoms with van der Waals surface area (Å²) in [5, 5.41) is 11.8. The second-order valence-electron chi connectivity index (χ2n) is 6.95. The lowest BCUT2D eigenvalue weighted by atomic mass is 10.2. The monoisotopic (exact) mass is 441 g/mol. The second kappa shape index (κ2) is 9.25. The van der Waals surface area contributed by atoms with Crippen molar-refractivity contribution < 1.29 is 18.7 Å². The van der Waals surface area contributed by atoms with Crippen LogP contribution < -0.4 is 4.74 Å². The van der Waals surface area contributed by atoms with E-state index in [0.29, 0.717) is 36.0 Å². The summed E-state index contributed by atoms with van der Waals surface area (Å²) in [6.45, 7) is 0.323. The zero-order valence-corrected chi connectivity index (χ0v) is 17.6. The number of para-hydroxylation sites is 2. The van der Waals surface area contributed by atoms with Crippen molar-refractivity contribution in [1.29, 1.82) is 0 Å². The van der Waals surface area contributed by atoms with E-state index in [0.717, 1.165) is 6.42 Å². The summed E-state index contributed by atoms with van der Waals surface area (Å²) in [7, 11) is 1.56. The van der Waals surface area contributed by atoms with Crippen molar-refractivity contribution in [3.05, 3.63) is 59.9 Å². The smallest absolute Gasteiger partial charge is 0.260 e. The minimum absolute atomic E-state index is 0.277. The SMILES string of the molecule is COc1ccccc1-n1nnnc1SC1CCCCN(C(=O)c2ccc(F)cc2)C1=O. The molecule has 1 saturated heterocycles. The molecule has 1 aliphatic heterocycles. The zero-order chi connectivity index (χ0) is 21.8. The Labute approximate surface area is 182 Å². The van der Waals surface area contributed by atoms with E-state index in [-0.39, 0.29) is 11.5 Å². The van der Waals surface area contributed by atoms with Gasteiger partial charge in [-0.25, -0.2) is 4.39 Å². The van der Waals surface area contributed by atoms with Gasteiger partial charge in [-0.15, -0.1) is 5.10 Å². The summed E-state index contributed by atoms with van der Waals surface area (Å²) in [5.41, 5.74) is 0.928. The number of thioether (sulfide) groups is 1. The molecule has 1 aliphatic rings. The first-order valence-electron chi connectivity index (χ1n) is 9.78. The number of carbonyl (C=O) groups is 2. The Balaban J connectivity index is 1.58. The topological polar surface area (TPSA) is 90.2 Å². The molecule has 1 unspecified atom stereocenters. The first kappa shape index (κ1) is 21.0. The Morgan fingerprint density at radius 3 is 2.71 bits per heavy atom. The number of halogens is 1. The van der Waals surface area contributed by atoms with Gasteiger partial charge in [0.1, 0.15) is 17.3 Å². The van der Waals surface area contributed by atoms with E-state index >= 15 is 0 Å². The molecule has 3 aromatic rings. The van der Waals surface area contributed by atoms with Crippen LogP contribution in [-0.4, -0.2) is 55.8 Å². The molecule has 0 spiro atoms. The minimum Gasteiger partial charge on any atom is -0.494 e. The van der Waals surface area contributed by atoms with E-state index in [1.54, 1.807) is 13.2 Å². The predicted molar refractivity (Wildman–Crippen MR) is 112 cm³/mol. The van der Waals surface area contributed by atoms with Gasteiger partial charge in [0.2, 0.25) is 11.1 Å². The quantitative estimate of drug-likeness (QED) is 0.562. The number of aromatic nitrogens is 4. The van der Waals surface area contributed by atoms with Gasteiger partial charge in [0.25, 0.3) is 5.91 Å². The first-order valence-corrected chi connectivity index (χ1v) is 10.7. The molecule has 8 nitrogen and oxygen atoms in total. The van der Waals surface area contributed by atoms with Crippen LogP contribution in [0.3, 0.4) is 0 Å². The van der Waals surface area contributed by atoms with Crippen molar-refractivity contribution in [2.45, 2.75) is 29.7 Å². The van der Waals surface area contributed by atoms with E-state index in [4.69, 9.17) is 4.74 Å². The summed E-state index contributed by atoms with van der Waals surface area (Å²) in [5.74, 6) is -0.569. The molecule has 2 amide bonds. The van der Waals surface area contributed by atoms with Crippen molar-refractivity contribution in [3.8, 4) is 11.4 Å². The molecule has 2 heterocycles. The van der Waals surface area contributed by atoms with E-state index in [1.807, 2.05) is 18.2 Å². The lowest BCUT2D eigenvalue weighted by Gasteiger charge is -2.22. The maximum atomic E-state index is 13.2. The number of hydrogen-bond acceptors (Lipinski definition) is 7. The Morgan fingerprint density at radius 1 is 1.16 bits per heavy atom. The summed E-state index contributed by atoms with van der Waals surface area (Å²) in [6.07, 6.45) is 2.08. The Bertz CT molecular complexity index is 1090. The van der Waals surface area contributed by atoms with Crippen LogP contribution in [0.2, 0.25) is 0 Å². The van der Waals surface area contributed by atoms with Crippen molar-refractivity contribution in [3.63, 3.8) is 0 Å². The third kappa shape index (κ3) is 4.43. The first-order chi connectivity index (χ1) is 15.1. The maximum Gasteiger partial charge on any atom is 0.260 e. The van der Waals surface area contributed by atoms with Crippen LogP contribution in [0, 0.1) is 5.82 Å². The third-order valence-electron chi connectivity index (χ3n) is 4.98. The minimum atomic E-state index is -0.522. The lowest BCUT2D eigenvalue weighted by molar-refractivity contribution is -0.127. The van der Waals surface area contributed by atoms with Gasteiger partial charge in [0.15, 0.2) is 0 Å². The van der Waals surface area contributed by atoms with Gasteiger partial charge in [-0.2, -0.15) is 4.68 Å². The van der Waals surface area contributed by atoms with Crippen LogP contribution >= 0.6 is 11.8 Å². The predicted octanol–water partition coefficient (Wildman–Crippen LogP) is 3.12. The Morgan fingerprint density at radius 2 is 1.94 bits per heavy atom. The van der Waals surface area contributed by atoms with Crippen molar-refractivity contribution in [1.82, 2.24) is 25.1 Å². The molecule has 2 aromatic carbocycles. The van der Waals surface area contributed by atoms with Gasteiger partial charge in [-0.3, -0.25) is 14.5 Å². The average Bonchev–Trinajstić information content (AvgIpc) is 3.17. The number of tetrazole rings is 1. The summed E-state index contributed by atoms with van der Waals surface area (Å²) in [4.78, 5) is 27.4. The fraction of sp³-hybridized carbons (Fsp3) is 0.286. The fourth-order valence-corrected chi connectivity index (χ4v) is 4.49. The number of nitrogens with zero attached hydrogens (tertiary/aromatic N) is 5. The highest BCUT2D eigenvalue weighted by Crippen LogP contribution is 2.32. The van der Waals surface area contributed by atoms with Crippen molar-refractivity contribution in [2.75, 3.05) is 13.7 Å². The zero-order valence-electron chi connectivity index (χ0n) is 16.8. The number of likely N-dealkylation sites (tertiary alicyclic amines) is 1. The largest absolute Gasteiger partial charge is 0.494 e. The molecule has 31 heavy (non-hydrogen) atoms. The summed E-state index contributed by atoms with van der Waals surface area (Å²) < 4.78 is 20.1. The van der Waals surface area contributed by atoms with E-state index < -0.39 is 17.0 Å². The van der Waals surface area contributed by atoms with Crippen molar-refractivity contribution >= 4 is 23.6 Å². The van der Waals surface area contributed by atoms with Gasteiger partial charge in [0, 0.05) is 12.1 Å². The number of amides is 2. The Kier molecular flexibility index (Phi) is 6.26. The van der Waals surface area contributed by atoms with Crippen LogP contribution in [0.25, 0.3) is 5.69 Å². The standard InChI is InChI=1S/C21H20FN5O3S/c1-30-17-7-3-2-6-16(17)27-21(23-24-25-27)31-18-8-4-5-13-26(20(18)29)19(28)14-9-11-15(22)12-10-14/h2-3,6-7,9-12,18H,4-5,8,13H2,1H3. The molecular weight excluding hydrogens is 421 g/mol. The lowest BCUT2D eigenvalue weighted by Crippen LogP contribution is -2.41. The van der Waals surface area contributed by atoms with Crippen LogP contribution in [0.4, 0.5) is 4.39 Å². The number of methoxy groups -OCH3 is 1. The average molecular weight is 441 g/mol. The number of imide groups is 1. The molecule has 0 aliphatic carbocycles. The number of hydrogen-bond donors (Lipinski definition) is 0. The molecule has 4 rings (SSSR count). The molecule has 1 aromatic heterocycles. The highest BCUT2D eigenvalue weighted by Gasteiger charge is 2.33. The maximum absolute atomic E-state index is 13.2. The Hall–Kier alpha value is -3.27. The molecule has 0 saturated carbocycles. The van der Waals surface area contributed by atoms with Gasteiger partial charge in [-0.1, -0.05) is 30.3 Å². The number of benzene rings is 2. The highest BCUT2D eigenvalue weighted by molar-refractivity contribution is 8.00. The molecule has 0 radical (unpaired) electrons. The van der Waals surface area contributed by atoms with Gasteiger partial charge in [-0.05, 0) is 59.7 Å². The summed E-state index contributed by atoms with van der Waals surface area (Å²) >= 11 is 1.22. The number of rotatable bonds is 5. The molecule has 1 fully saturated rings. The third-order valence-corrected chi connectivity index (χ3v) is 6.17. The van der Waals surface area contributed by atoms with Crippen LogP contribution in [0.15, 0.2) is 53.7 Å². The molecule has 160 valence electrons. The molecule has 0 N–H and O–H groups in total. The van der Waals surface area contributed by atoms with Gasteiger partial charge >= 0.3 is 0 Å². The molecule has 0 bridgehead atoms. The highest BCUT2D eigenvalue weighted by atomic mass is 32.2. The second-order valence-corrected chi connectivity index (χ2v) is 8.12. The molecular formula is C21H20FN5O3S. The fourth-order valence-electron chi connectivity index (χ4n) is 3.40. The molecule has 10 heteroatoms. The van der Waals surface area contributed by atoms with Crippen molar-refractivity contribution in [2.24, 2.45) is 0 Å². The van der Waals surface area contributed by atoms with Crippen LogP contribution in [0.5, 0.6) is 5.75 Å². The summed E-state index contributed by atoms with van der Waals surface area (Å²) in [6, 6.07) is 12.5. The van der Waals surface area contributed by atoms with E-state index in [9.17, 15) is 14.0 Å². The number of ether oxygens (including phenoxy) is 1. The van der Waals surface area contributed by atoms with Gasteiger partial charge < -0.3 is 4.74 Å².